The molecule has 1 aliphatic rings. The zero-order chi connectivity index (χ0) is 36.9. The molecular weight excluding hydrogens is 716 g/mol. The van der Waals surface area contributed by atoms with Crippen LogP contribution in [0.1, 0.15) is 137 Å². The summed E-state index contributed by atoms with van der Waals surface area (Å²) in [6.07, 6.45) is 17.6. The van der Waals surface area contributed by atoms with Crippen LogP contribution in [0.25, 0.3) is 11.2 Å². The predicted molar refractivity (Wildman–Crippen MR) is 203 cm³/mol. The number of fused-ring (bicyclic) bond motifs is 1. The predicted octanol–water partition coefficient (Wildman–Crippen LogP) is 8.64. The summed E-state index contributed by atoms with van der Waals surface area (Å²) in [4.78, 5) is 22.5. The number of H-pyrrole nitrogens is 1. The topological polar surface area (TPSA) is 159 Å². The van der Waals surface area contributed by atoms with Crippen molar-refractivity contribution in [2.45, 2.75) is 173 Å². The molecule has 3 N–H and O–H groups in total. The molecule has 2 aromatic rings. The van der Waals surface area contributed by atoms with E-state index in [-0.39, 0.29) is 22.6 Å². The number of aliphatic hydroxyl groups is 2. The SMILES string of the molecule is CCCCCCCCCCCCSC(CCCCCCC)C(C)OOP(=O)(OCCC)OC[C@H]1O[C@@H](On2cnc3c(=S)nc[nH]c32)[C@H](O)[C@@H]1O. The van der Waals surface area contributed by atoms with Gasteiger partial charge in [-0.2, -0.15) is 16.5 Å². The fourth-order valence-corrected chi connectivity index (χ4v) is 8.49. The highest BCUT2D eigenvalue weighted by atomic mass is 32.2. The number of hydrogen-bond acceptors (Lipinski definition) is 13. The minimum atomic E-state index is -4.22. The minimum absolute atomic E-state index is 0.107. The molecule has 0 aliphatic carbocycles. The summed E-state index contributed by atoms with van der Waals surface area (Å²) in [5.41, 5.74) is 0.801. The van der Waals surface area contributed by atoms with Crippen LogP contribution >= 0.6 is 31.8 Å². The van der Waals surface area contributed by atoms with E-state index in [9.17, 15) is 14.8 Å². The van der Waals surface area contributed by atoms with Crippen LogP contribution in [0, 0.1) is 4.64 Å². The second-order valence-corrected chi connectivity index (χ2v) is 16.6. The fourth-order valence-electron chi connectivity index (χ4n) is 5.82. The van der Waals surface area contributed by atoms with E-state index in [2.05, 4.69) is 28.8 Å². The second-order valence-electron chi connectivity index (χ2n) is 13.4. The highest BCUT2D eigenvalue weighted by Gasteiger charge is 2.46. The quantitative estimate of drug-likeness (QED) is 0.0228. The van der Waals surface area contributed by atoms with Crippen LogP contribution in [0.15, 0.2) is 12.7 Å². The Balaban J connectivity index is 1.50. The number of ether oxygens (including phenoxy) is 1. The lowest BCUT2D eigenvalue weighted by Gasteiger charge is -2.25. The van der Waals surface area contributed by atoms with Crippen molar-refractivity contribution in [1.29, 1.82) is 0 Å². The number of imidazole rings is 1. The zero-order valence-corrected chi connectivity index (χ0v) is 33.6. The Labute approximate surface area is 313 Å². The second kappa shape index (κ2) is 25.0. The van der Waals surface area contributed by atoms with Crippen LogP contribution in [-0.2, 0) is 27.9 Å². The van der Waals surface area contributed by atoms with Gasteiger partial charge >= 0.3 is 7.82 Å². The maximum absolute atomic E-state index is 13.7. The smallest absolute Gasteiger partial charge is 0.387 e. The third-order valence-electron chi connectivity index (χ3n) is 8.94. The standard InChI is InChI=1S/C35H63N4O9PS2/c1-5-8-10-12-13-14-15-16-18-20-23-51-29(21-19-17-11-9-6-2)27(4)47-48-49(42,43-22-7-3)44-24-28-31(40)32(41)35(45-28)46-39-26-38-30-33(39)36-25-37-34(30)50/h25-29,31-32,35,40-41H,5-24H2,1-4H3,(H,36,37,50)/t27?,28-,29?,31-,32-,35+,49?/m1/s1. The largest absolute Gasteiger partial charge is 0.502 e. The van der Waals surface area contributed by atoms with Gasteiger partial charge in [-0.25, -0.2) is 19.4 Å². The van der Waals surface area contributed by atoms with Crippen molar-refractivity contribution in [3.05, 3.63) is 17.3 Å². The minimum Gasteiger partial charge on any atom is -0.387 e. The third kappa shape index (κ3) is 15.6. The van der Waals surface area contributed by atoms with E-state index in [0.29, 0.717) is 17.6 Å². The molecule has 0 spiro atoms. The molecule has 1 saturated heterocycles. The van der Waals surface area contributed by atoms with Gasteiger partial charge in [-0.15, -0.1) is 4.67 Å². The van der Waals surface area contributed by atoms with Crippen LogP contribution in [0.5, 0.6) is 0 Å². The van der Waals surface area contributed by atoms with Gasteiger partial charge in [0.1, 0.15) is 36.3 Å². The average Bonchev–Trinajstić information content (AvgIpc) is 3.66. The number of hydrogen-bond donors (Lipinski definition) is 3. The summed E-state index contributed by atoms with van der Waals surface area (Å²) in [7, 11) is -4.22. The lowest BCUT2D eigenvalue weighted by Crippen LogP contribution is -2.38. The number of aliphatic hydroxyl groups excluding tert-OH is 2. The molecule has 2 aromatic heterocycles. The zero-order valence-electron chi connectivity index (χ0n) is 31.1. The van der Waals surface area contributed by atoms with E-state index in [0.717, 1.165) is 25.0 Å². The number of phosphoric acid groups is 1. The first-order chi connectivity index (χ1) is 24.7. The van der Waals surface area contributed by atoms with E-state index >= 15 is 0 Å². The Bertz CT molecular complexity index is 1320. The summed E-state index contributed by atoms with van der Waals surface area (Å²) < 4.78 is 37.5. The van der Waals surface area contributed by atoms with Gasteiger partial charge in [0.2, 0.25) is 0 Å². The summed E-state index contributed by atoms with van der Waals surface area (Å²) in [6.45, 7) is 7.96. The normalized spacial score (nSPS) is 21.6. The van der Waals surface area contributed by atoms with Crippen LogP contribution in [0.3, 0.4) is 0 Å². The lowest BCUT2D eigenvalue weighted by molar-refractivity contribution is -0.258. The number of aromatic nitrogens is 4. The Morgan fingerprint density at radius 2 is 1.57 bits per heavy atom. The van der Waals surface area contributed by atoms with E-state index < -0.39 is 39.0 Å². The Morgan fingerprint density at radius 1 is 0.922 bits per heavy atom. The van der Waals surface area contributed by atoms with E-state index in [1.165, 1.54) is 101 Å². The van der Waals surface area contributed by atoms with Crippen molar-refractivity contribution in [1.82, 2.24) is 19.7 Å². The molecule has 51 heavy (non-hydrogen) atoms. The van der Waals surface area contributed by atoms with Gasteiger partial charge < -0.3 is 24.8 Å². The summed E-state index contributed by atoms with van der Waals surface area (Å²) in [5.74, 6) is 1.03. The highest BCUT2D eigenvalue weighted by molar-refractivity contribution is 7.99. The van der Waals surface area contributed by atoms with Crippen LogP contribution in [0.2, 0.25) is 0 Å². The van der Waals surface area contributed by atoms with Gasteiger partial charge in [-0.05, 0) is 31.9 Å². The molecule has 16 heteroatoms. The Morgan fingerprint density at radius 3 is 2.24 bits per heavy atom. The number of rotatable bonds is 30. The molecule has 294 valence electrons. The Kier molecular flexibility index (Phi) is 21.7. The molecule has 0 radical (unpaired) electrons. The highest BCUT2D eigenvalue weighted by Crippen LogP contribution is 2.51. The molecular formula is C35H63N4O9PS2. The van der Waals surface area contributed by atoms with Gasteiger partial charge in [-0.3, -0.25) is 9.05 Å². The van der Waals surface area contributed by atoms with E-state index in [1.807, 2.05) is 25.6 Å². The molecule has 0 amide bonds. The van der Waals surface area contributed by atoms with E-state index in [1.54, 1.807) is 0 Å². The lowest BCUT2D eigenvalue weighted by atomic mass is 10.1. The number of nitrogens with zero attached hydrogens (tertiary/aromatic N) is 3. The van der Waals surface area contributed by atoms with Gasteiger partial charge in [-0.1, -0.05) is 123 Å². The molecule has 3 rings (SSSR count). The molecule has 1 aliphatic heterocycles. The average molecular weight is 779 g/mol. The van der Waals surface area contributed by atoms with Gasteiger partial charge in [0, 0.05) is 5.25 Å². The van der Waals surface area contributed by atoms with Crippen LogP contribution in [-0.4, -0.2) is 84.8 Å². The first kappa shape index (κ1) is 44.3. The number of unbranched alkanes of at least 4 members (excludes halogenated alkanes) is 13. The molecule has 3 heterocycles. The number of nitrogens with one attached hydrogen (secondary N) is 1. The first-order valence-electron chi connectivity index (χ1n) is 19.2. The van der Waals surface area contributed by atoms with Crippen molar-refractivity contribution in [3.63, 3.8) is 0 Å². The van der Waals surface area contributed by atoms with Crippen molar-refractivity contribution in [2.24, 2.45) is 0 Å². The van der Waals surface area contributed by atoms with Crippen LogP contribution < -0.4 is 4.84 Å². The van der Waals surface area contributed by atoms with Crippen molar-refractivity contribution in [2.75, 3.05) is 19.0 Å². The fraction of sp³-hybridized carbons (Fsp3) is 0.857. The maximum atomic E-state index is 13.7. The van der Waals surface area contributed by atoms with Crippen molar-refractivity contribution < 1.29 is 43.0 Å². The molecule has 7 atom stereocenters. The molecule has 0 saturated carbocycles. The maximum Gasteiger partial charge on any atom is 0.502 e. The molecule has 0 bridgehead atoms. The monoisotopic (exact) mass is 778 g/mol. The third-order valence-corrected chi connectivity index (χ3v) is 12.0. The number of aromatic amines is 1. The molecule has 1 fully saturated rings. The van der Waals surface area contributed by atoms with Gasteiger partial charge in [0.25, 0.3) is 6.29 Å². The number of thioether (sulfide) groups is 1. The molecule has 13 nitrogen and oxygen atoms in total. The van der Waals surface area contributed by atoms with Crippen molar-refractivity contribution in [3.8, 4) is 0 Å². The Hall–Kier alpha value is -1.13. The van der Waals surface area contributed by atoms with E-state index in [4.69, 9.17) is 40.4 Å². The summed E-state index contributed by atoms with van der Waals surface area (Å²) in [5, 5.41) is 21.5. The summed E-state index contributed by atoms with van der Waals surface area (Å²) in [6, 6.07) is 0. The first-order valence-corrected chi connectivity index (χ1v) is 22.1. The summed E-state index contributed by atoms with van der Waals surface area (Å²) >= 11 is 7.07. The van der Waals surface area contributed by atoms with Gasteiger partial charge in [0.05, 0.1) is 19.5 Å². The molecule has 0 aromatic carbocycles. The number of phosphoric ester groups is 1. The van der Waals surface area contributed by atoms with Crippen molar-refractivity contribution >= 4 is 43.0 Å². The molecule has 3 unspecified atom stereocenters. The van der Waals surface area contributed by atoms with Gasteiger partial charge in [0.15, 0.2) is 10.3 Å². The van der Waals surface area contributed by atoms with Crippen LogP contribution in [0.4, 0.5) is 0 Å².